The first-order valence-corrected chi connectivity index (χ1v) is 27.0. The van der Waals surface area contributed by atoms with Crippen LogP contribution in [-0.4, -0.2) is 68.6 Å². The fourth-order valence-electron chi connectivity index (χ4n) is 10.6. The van der Waals surface area contributed by atoms with Gasteiger partial charge in [-0.05, 0) is 79.8 Å². The monoisotopic (exact) mass is 1020 g/mol. The minimum atomic E-state index is -1.38. The van der Waals surface area contributed by atoms with Crippen LogP contribution in [0, 0.1) is 5.41 Å². The Labute approximate surface area is 441 Å². The summed E-state index contributed by atoms with van der Waals surface area (Å²) in [6.45, 7) is 14.9. The van der Waals surface area contributed by atoms with E-state index in [9.17, 15) is 14.4 Å². The Kier molecular flexibility index (Phi) is 17.5. The smallest absolute Gasteiger partial charge is 0.410 e. The van der Waals surface area contributed by atoms with Crippen LogP contribution in [0.1, 0.15) is 120 Å². The highest BCUT2D eigenvalue weighted by Gasteiger charge is 2.54. The molecule has 1 aliphatic heterocycles. The number of nitrogens with zero attached hydrogens (tertiary/aromatic N) is 2. The van der Waals surface area contributed by atoms with Gasteiger partial charge in [0.2, 0.25) is 0 Å². The van der Waals surface area contributed by atoms with Crippen LogP contribution in [0.4, 0.5) is 4.79 Å². The van der Waals surface area contributed by atoms with Crippen molar-refractivity contribution in [1.82, 2.24) is 9.96 Å². The molecule has 6 aromatic carbocycles. The van der Waals surface area contributed by atoms with E-state index in [2.05, 4.69) is 173 Å². The van der Waals surface area contributed by atoms with E-state index in [0.717, 1.165) is 33.4 Å². The molecule has 1 fully saturated rings. The summed E-state index contributed by atoms with van der Waals surface area (Å²) in [5.74, 6) is -1.78. The number of imide groups is 1. The van der Waals surface area contributed by atoms with Gasteiger partial charge in [0.25, 0.3) is 11.8 Å². The summed E-state index contributed by atoms with van der Waals surface area (Å²) < 4.78 is 2.82. The molecule has 0 aromatic heterocycles. The first kappa shape index (κ1) is 54.6. The van der Waals surface area contributed by atoms with E-state index in [4.69, 9.17) is 15.3 Å². The molecule has 0 unspecified atom stereocenters. The van der Waals surface area contributed by atoms with Gasteiger partial charge in [0.15, 0.2) is 0 Å². The summed E-state index contributed by atoms with van der Waals surface area (Å²) in [6.07, 6.45) is 0.472. The number of benzene rings is 6. The number of nitrogens with two attached hydrogens (primary N) is 1. The largest absolute Gasteiger partial charge is 0.444 e. The Morgan fingerprint density at radius 2 is 0.836 bits per heavy atom. The number of amides is 3. The third-order valence-electron chi connectivity index (χ3n) is 13.2. The maximum Gasteiger partial charge on any atom is 0.410 e. The van der Waals surface area contributed by atoms with Crippen molar-refractivity contribution in [3.05, 3.63) is 215 Å². The van der Waals surface area contributed by atoms with Crippen LogP contribution in [0.25, 0.3) is 0 Å². The van der Waals surface area contributed by atoms with Crippen molar-refractivity contribution in [2.45, 2.75) is 112 Å². The lowest BCUT2D eigenvalue weighted by Crippen LogP contribution is -2.48. The van der Waals surface area contributed by atoms with Crippen molar-refractivity contribution >= 4 is 47.4 Å². The van der Waals surface area contributed by atoms with Gasteiger partial charge >= 0.3 is 12.1 Å². The molecule has 0 atom stereocenters. The summed E-state index contributed by atoms with van der Waals surface area (Å²) in [5.41, 5.74) is 10.4. The predicted octanol–water partition coefficient (Wildman–Crippen LogP) is 13.3. The Bertz CT molecular complexity index is 2400. The van der Waals surface area contributed by atoms with Crippen LogP contribution in [-0.2, 0) is 33.5 Å². The van der Waals surface area contributed by atoms with Crippen molar-refractivity contribution in [3.63, 3.8) is 0 Å². The number of hydrogen-bond acceptors (Lipinski definition) is 9. The van der Waals surface area contributed by atoms with Gasteiger partial charge in [0.05, 0.1) is 14.9 Å². The van der Waals surface area contributed by atoms with E-state index < -0.39 is 53.9 Å². The molecule has 3 amide bonds. The minimum absolute atomic E-state index is 0.0484. The first-order chi connectivity index (χ1) is 34.8. The molecular formula is C62H71N3O6S2. The molecule has 1 aliphatic rings. The highest BCUT2D eigenvalue weighted by molar-refractivity contribution is 8.02. The highest BCUT2D eigenvalue weighted by Crippen LogP contribution is 2.60. The molecule has 0 bridgehead atoms. The average molecular weight is 1020 g/mol. The quantitative estimate of drug-likeness (QED) is 0.0524. The lowest BCUT2D eigenvalue weighted by molar-refractivity contribution is -0.207. The second kappa shape index (κ2) is 23.4. The maximum atomic E-state index is 16.0. The van der Waals surface area contributed by atoms with Gasteiger partial charge in [0, 0.05) is 42.0 Å². The van der Waals surface area contributed by atoms with Crippen molar-refractivity contribution in [3.8, 4) is 0 Å². The summed E-state index contributed by atoms with van der Waals surface area (Å²) in [6, 6.07) is 62.8. The van der Waals surface area contributed by atoms with Gasteiger partial charge in [-0.3, -0.25) is 9.59 Å². The van der Waals surface area contributed by atoms with E-state index in [1.54, 1.807) is 28.4 Å². The normalized spacial score (nSPS) is 13.7. The number of ether oxygens (including phenoxy) is 1. The Hall–Kier alpha value is -6.14. The van der Waals surface area contributed by atoms with E-state index in [1.807, 2.05) is 57.2 Å². The molecule has 0 saturated carbocycles. The van der Waals surface area contributed by atoms with Gasteiger partial charge in [-0.25, -0.2) is 9.59 Å². The molecule has 382 valence electrons. The van der Waals surface area contributed by atoms with Crippen LogP contribution in [0.5, 0.6) is 0 Å². The van der Waals surface area contributed by atoms with Crippen LogP contribution in [0.15, 0.2) is 182 Å². The summed E-state index contributed by atoms with van der Waals surface area (Å²) in [4.78, 5) is 64.5. The van der Waals surface area contributed by atoms with Gasteiger partial charge < -0.3 is 20.2 Å². The molecule has 2 N–H and O–H groups in total. The molecule has 9 nitrogen and oxygen atoms in total. The lowest BCUT2D eigenvalue weighted by Gasteiger charge is -2.48. The Morgan fingerprint density at radius 3 is 1.12 bits per heavy atom. The molecule has 7 rings (SSSR count). The van der Waals surface area contributed by atoms with Gasteiger partial charge in [-0.1, -0.05) is 210 Å². The third kappa shape index (κ3) is 13.0. The van der Waals surface area contributed by atoms with Crippen molar-refractivity contribution in [2.24, 2.45) is 11.1 Å². The Balaban J connectivity index is 1.43. The zero-order valence-corrected chi connectivity index (χ0v) is 45.1. The third-order valence-corrected chi connectivity index (χ3v) is 16.6. The maximum absolute atomic E-state index is 16.0. The SMILES string of the molecule is CC(C)(C)OC(=O)N(CCN)CCCC(CC(C)(C)SC(c1ccccc1)(c1ccccc1)c1ccccc1)(CC(C)(C)SC(c1ccccc1)(c1ccccc1)c1ccccc1)C(=O)ON1C(=O)CCC1=O. The molecule has 73 heavy (non-hydrogen) atoms. The van der Waals surface area contributed by atoms with E-state index >= 15 is 4.79 Å². The number of rotatable bonds is 22. The van der Waals surface area contributed by atoms with Crippen molar-refractivity contribution < 1.29 is 28.8 Å². The van der Waals surface area contributed by atoms with Crippen molar-refractivity contribution in [1.29, 1.82) is 0 Å². The van der Waals surface area contributed by atoms with Gasteiger partial charge in [-0.15, -0.1) is 28.6 Å². The number of carbonyl (C=O) groups excluding carboxylic acids is 4. The number of hydrogen-bond donors (Lipinski definition) is 1. The van der Waals surface area contributed by atoms with E-state index in [-0.39, 0.29) is 51.7 Å². The lowest BCUT2D eigenvalue weighted by atomic mass is 9.70. The van der Waals surface area contributed by atoms with E-state index in [1.165, 1.54) is 0 Å². The fourth-order valence-corrected chi connectivity index (χ4v) is 14.5. The number of carbonyl (C=O) groups is 4. The number of hydroxylamine groups is 2. The molecule has 0 aliphatic carbocycles. The molecule has 1 saturated heterocycles. The molecule has 1 heterocycles. The van der Waals surface area contributed by atoms with Gasteiger partial charge in [-0.2, -0.15) is 0 Å². The summed E-state index contributed by atoms with van der Waals surface area (Å²) >= 11 is 3.54. The molecule has 6 aromatic rings. The highest BCUT2D eigenvalue weighted by atomic mass is 32.2. The zero-order chi connectivity index (χ0) is 52.3. The van der Waals surface area contributed by atoms with Crippen LogP contribution < -0.4 is 5.73 Å². The molecular weight excluding hydrogens is 947 g/mol. The standard InChI is InChI=1S/C62H71N3O6S2/c1-57(2,3)70-56(69)64(44-42-63)43-26-41-60(55(68)71-65-53(66)39-40-54(65)67,45-58(4,5)72-61(47-27-14-8-15-28-47,48-29-16-9-17-30-48)49-31-18-10-19-32-49)46-59(6,7)73-62(50-33-20-11-21-34-50,51-35-22-12-23-36-51)52-37-24-13-25-38-52/h8-25,27-38H,26,39-46,63H2,1-7H3. The van der Waals surface area contributed by atoms with E-state index in [0.29, 0.717) is 11.5 Å². The van der Waals surface area contributed by atoms with Gasteiger partial charge in [0.1, 0.15) is 5.60 Å². The molecule has 0 spiro atoms. The fraction of sp³-hybridized carbons (Fsp3) is 0.355. The second-order valence-electron chi connectivity index (χ2n) is 21.2. The predicted molar refractivity (Wildman–Crippen MR) is 297 cm³/mol. The Morgan fingerprint density at radius 1 is 0.521 bits per heavy atom. The summed E-state index contributed by atoms with van der Waals surface area (Å²) in [7, 11) is 0. The van der Waals surface area contributed by atoms with Crippen LogP contribution in [0.2, 0.25) is 0 Å². The minimum Gasteiger partial charge on any atom is -0.444 e. The second-order valence-corrected chi connectivity index (χ2v) is 25.1. The van der Waals surface area contributed by atoms with Crippen LogP contribution in [0.3, 0.4) is 0 Å². The zero-order valence-electron chi connectivity index (χ0n) is 43.4. The summed E-state index contributed by atoms with van der Waals surface area (Å²) in [5, 5.41) is 0.684. The molecule has 11 heteroatoms. The van der Waals surface area contributed by atoms with Crippen molar-refractivity contribution in [2.75, 3.05) is 19.6 Å². The average Bonchev–Trinajstić information content (AvgIpc) is 3.70. The van der Waals surface area contributed by atoms with Crippen LogP contribution >= 0.6 is 23.5 Å². The molecule has 0 radical (unpaired) electrons. The topological polar surface area (TPSA) is 119 Å². The first-order valence-electron chi connectivity index (χ1n) is 25.3. The number of thioether (sulfide) groups is 2.